The summed E-state index contributed by atoms with van der Waals surface area (Å²) in [5.41, 5.74) is 1.70. The van der Waals surface area contributed by atoms with E-state index in [0.29, 0.717) is 31.7 Å². The Morgan fingerprint density at radius 2 is 1.53 bits per heavy atom. The molecule has 0 saturated carbocycles. The largest absolute Gasteiger partial charge is 0.368 e. The van der Waals surface area contributed by atoms with Gasteiger partial charge in [0.2, 0.25) is 11.8 Å². The Hall–Kier alpha value is -3.87. The molecule has 7 nitrogen and oxygen atoms in total. The van der Waals surface area contributed by atoms with Gasteiger partial charge in [0.1, 0.15) is 6.04 Å². The molecule has 0 aliphatic carbocycles. The van der Waals surface area contributed by atoms with Crippen LogP contribution in [0.4, 0.5) is 5.69 Å². The van der Waals surface area contributed by atoms with Crippen LogP contribution in [0.2, 0.25) is 0 Å². The Labute approximate surface area is 198 Å². The molecule has 0 spiro atoms. The van der Waals surface area contributed by atoms with Gasteiger partial charge < -0.3 is 20.0 Å². The molecule has 7 heteroatoms. The van der Waals surface area contributed by atoms with Crippen LogP contribution in [0, 0.1) is 0 Å². The zero-order valence-corrected chi connectivity index (χ0v) is 19.0. The van der Waals surface area contributed by atoms with Gasteiger partial charge in [-0.3, -0.25) is 14.4 Å². The second-order valence-corrected chi connectivity index (χ2v) is 8.74. The Morgan fingerprint density at radius 1 is 0.824 bits per heavy atom. The SMILES string of the molecule is O=C1NCCN(C(=O)c2cccc3ccccc23)[C@@H]1CC(=O)N1CCN(c2ccccc2)CC1. The highest BCUT2D eigenvalue weighted by Crippen LogP contribution is 2.23. The first-order valence-electron chi connectivity index (χ1n) is 11.8. The number of para-hydroxylation sites is 1. The molecule has 0 bridgehead atoms. The third-order valence-corrected chi connectivity index (χ3v) is 6.73. The maximum absolute atomic E-state index is 13.5. The molecule has 0 unspecified atom stereocenters. The average molecular weight is 457 g/mol. The number of benzene rings is 3. The number of nitrogens with zero attached hydrogens (tertiary/aromatic N) is 3. The highest BCUT2D eigenvalue weighted by molar-refractivity contribution is 6.08. The van der Waals surface area contributed by atoms with E-state index in [1.165, 1.54) is 0 Å². The van der Waals surface area contributed by atoms with Gasteiger partial charge in [0, 0.05) is 50.5 Å². The molecule has 2 heterocycles. The van der Waals surface area contributed by atoms with E-state index in [4.69, 9.17) is 0 Å². The van der Waals surface area contributed by atoms with Crippen LogP contribution in [0.25, 0.3) is 10.8 Å². The fraction of sp³-hybridized carbons (Fsp3) is 0.296. The summed E-state index contributed by atoms with van der Waals surface area (Å²) in [5.74, 6) is -0.570. The summed E-state index contributed by atoms with van der Waals surface area (Å²) in [6, 6.07) is 22.7. The van der Waals surface area contributed by atoms with Gasteiger partial charge in [-0.25, -0.2) is 0 Å². The normalized spacial score (nSPS) is 18.6. The first-order valence-corrected chi connectivity index (χ1v) is 11.8. The number of piperazine rings is 2. The molecule has 3 aromatic rings. The second-order valence-electron chi connectivity index (χ2n) is 8.74. The van der Waals surface area contributed by atoms with Gasteiger partial charge in [-0.1, -0.05) is 54.6 Å². The minimum atomic E-state index is -0.806. The summed E-state index contributed by atoms with van der Waals surface area (Å²) in [5, 5.41) is 4.65. The standard InChI is InChI=1S/C27H28N4O3/c32-25(30-17-15-29(16-18-30)21-9-2-1-3-10-21)19-24-26(33)28-13-14-31(24)27(34)23-12-6-8-20-7-4-5-11-22(20)23/h1-12,24H,13-19H2,(H,28,33)/t24-/m1/s1. The number of hydrogen-bond acceptors (Lipinski definition) is 4. The number of carbonyl (C=O) groups excluding carboxylic acids is 3. The van der Waals surface area contributed by atoms with E-state index >= 15 is 0 Å². The quantitative estimate of drug-likeness (QED) is 0.655. The molecular formula is C27H28N4O3. The number of fused-ring (bicyclic) bond motifs is 1. The van der Waals surface area contributed by atoms with Gasteiger partial charge in [-0.05, 0) is 29.0 Å². The van der Waals surface area contributed by atoms with E-state index in [1.807, 2.05) is 59.5 Å². The Morgan fingerprint density at radius 3 is 2.32 bits per heavy atom. The Kier molecular flexibility index (Phi) is 6.16. The van der Waals surface area contributed by atoms with Crippen molar-refractivity contribution in [1.29, 1.82) is 0 Å². The summed E-state index contributed by atoms with van der Waals surface area (Å²) in [4.78, 5) is 45.1. The molecule has 0 aromatic heterocycles. The Balaban J connectivity index is 1.29. The molecule has 3 aromatic carbocycles. The van der Waals surface area contributed by atoms with E-state index < -0.39 is 6.04 Å². The molecule has 5 rings (SSSR count). The number of amides is 3. The summed E-state index contributed by atoms with van der Waals surface area (Å²) in [6.07, 6.45) is -0.00627. The predicted molar refractivity (Wildman–Crippen MR) is 132 cm³/mol. The van der Waals surface area contributed by atoms with Gasteiger partial charge in [-0.15, -0.1) is 0 Å². The monoisotopic (exact) mass is 456 g/mol. The topological polar surface area (TPSA) is 73.0 Å². The van der Waals surface area contributed by atoms with Crippen molar-refractivity contribution in [2.24, 2.45) is 0 Å². The van der Waals surface area contributed by atoms with Crippen LogP contribution in [0.5, 0.6) is 0 Å². The van der Waals surface area contributed by atoms with E-state index in [2.05, 4.69) is 22.3 Å². The van der Waals surface area contributed by atoms with Crippen molar-refractivity contribution < 1.29 is 14.4 Å². The highest BCUT2D eigenvalue weighted by atomic mass is 16.2. The van der Waals surface area contributed by atoms with Crippen LogP contribution >= 0.6 is 0 Å². The van der Waals surface area contributed by atoms with E-state index in [-0.39, 0.29) is 24.1 Å². The van der Waals surface area contributed by atoms with Crippen molar-refractivity contribution in [2.45, 2.75) is 12.5 Å². The summed E-state index contributed by atoms with van der Waals surface area (Å²) in [6.45, 7) is 3.44. The second kappa shape index (κ2) is 9.55. The van der Waals surface area contributed by atoms with Gasteiger partial charge in [-0.2, -0.15) is 0 Å². The first kappa shape index (κ1) is 21.9. The molecule has 2 aliphatic heterocycles. The van der Waals surface area contributed by atoms with Crippen LogP contribution < -0.4 is 10.2 Å². The van der Waals surface area contributed by atoms with Crippen molar-refractivity contribution in [3.8, 4) is 0 Å². The van der Waals surface area contributed by atoms with E-state index in [9.17, 15) is 14.4 Å². The lowest BCUT2D eigenvalue weighted by Crippen LogP contribution is -2.59. The molecule has 2 aliphatic rings. The molecule has 34 heavy (non-hydrogen) atoms. The van der Waals surface area contributed by atoms with Crippen molar-refractivity contribution >= 4 is 34.2 Å². The van der Waals surface area contributed by atoms with E-state index in [0.717, 1.165) is 29.5 Å². The summed E-state index contributed by atoms with van der Waals surface area (Å²) in [7, 11) is 0. The van der Waals surface area contributed by atoms with E-state index in [1.54, 1.807) is 11.0 Å². The molecule has 3 amide bonds. The average Bonchev–Trinajstić information content (AvgIpc) is 2.89. The maximum atomic E-state index is 13.5. The molecule has 174 valence electrons. The number of carbonyl (C=O) groups is 3. The van der Waals surface area contributed by atoms with Crippen LogP contribution in [-0.4, -0.2) is 72.8 Å². The zero-order valence-electron chi connectivity index (χ0n) is 19.0. The molecule has 1 atom stereocenters. The smallest absolute Gasteiger partial charge is 0.255 e. The molecule has 0 radical (unpaired) electrons. The zero-order chi connectivity index (χ0) is 23.5. The van der Waals surface area contributed by atoms with Gasteiger partial charge in [0.15, 0.2) is 0 Å². The number of anilines is 1. The molecule has 1 N–H and O–H groups in total. The lowest BCUT2D eigenvalue weighted by molar-refractivity contribution is -0.138. The van der Waals surface area contributed by atoms with Gasteiger partial charge in [0.25, 0.3) is 5.91 Å². The molecular weight excluding hydrogens is 428 g/mol. The fourth-order valence-corrected chi connectivity index (χ4v) is 4.87. The summed E-state index contributed by atoms with van der Waals surface area (Å²) >= 11 is 0. The molecule has 2 fully saturated rings. The third-order valence-electron chi connectivity index (χ3n) is 6.73. The van der Waals surface area contributed by atoms with Crippen LogP contribution in [0.3, 0.4) is 0 Å². The Bertz CT molecular complexity index is 1200. The van der Waals surface area contributed by atoms with Crippen LogP contribution in [-0.2, 0) is 9.59 Å². The highest BCUT2D eigenvalue weighted by Gasteiger charge is 2.37. The maximum Gasteiger partial charge on any atom is 0.255 e. The lowest BCUT2D eigenvalue weighted by Gasteiger charge is -2.39. The summed E-state index contributed by atoms with van der Waals surface area (Å²) < 4.78 is 0. The third kappa shape index (κ3) is 4.33. The van der Waals surface area contributed by atoms with Crippen LogP contribution in [0.1, 0.15) is 16.8 Å². The predicted octanol–water partition coefficient (Wildman–Crippen LogP) is 2.52. The van der Waals surface area contributed by atoms with Crippen molar-refractivity contribution in [1.82, 2.24) is 15.1 Å². The fourth-order valence-electron chi connectivity index (χ4n) is 4.87. The molecule has 2 saturated heterocycles. The van der Waals surface area contributed by atoms with Crippen molar-refractivity contribution in [3.63, 3.8) is 0 Å². The number of hydrogen-bond donors (Lipinski definition) is 1. The van der Waals surface area contributed by atoms with Crippen molar-refractivity contribution in [2.75, 3.05) is 44.2 Å². The first-order chi connectivity index (χ1) is 16.6. The lowest BCUT2D eigenvalue weighted by atomic mass is 10.0. The van der Waals surface area contributed by atoms with Gasteiger partial charge in [0.05, 0.1) is 6.42 Å². The van der Waals surface area contributed by atoms with Crippen LogP contribution in [0.15, 0.2) is 72.8 Å². The van der Waals surface area contributed by atoms with Crippen molar-refractivity contribution in [3.05, 3.63) is 78.4 Å². The number of rotatable bonds is 4. The minimum absolute atomic E-state index is 0.00627. The van der Waals surface area contributed by atoms with Gasteiger partial charge >= 0.3 is 0 Å². The minimum Gasteiger partial charge on any atom is -0.368 e. The number of nitrogens with one attached hydrogen (secondary N) is 1.